The average Bonchev–Trinajstić information content (AvgIpc) is 2.71. The van der Waals surface area contributed by atoms with E-state index in [2.05, 4.69) is 47.3 Å². The fourth-order valence-corrected chi connectivity index (χ4v) is 3.63. The number of aliphatic imine (C=N–C) groups is 1. The third-order valence-electron chi connectivity index (χ3n) is 5.47. The monoisotopic (exact) mass is 394 g/mol. The molecule has 154 valence electrons. The summed E-state index contributed by atoms with van der Waals surface area (Å²) in [6.07, 6.45) is 2.00. The second-order valence-electron chi connectivity index (χ2n) is 7.69. The van der Waals surface area contributed by atoms with Crippen LogP contribution in [0.1, 0.15) is 29.5 Å². The minimum Gasteiger partial charge on any atom is -0.497 e. The first-order valence-electron chi connectivity index (χ1n) is 10.0. The Balaban J connectivity index is 1.58. The van der Waals surface area contributed by atoms with Gasteiger partial charge in [0.05, 0.1) is 7.11 Å². The van der Waals surface area contributed by atoms with E-state index in [9.17, 15) is 4.79 Å². The van der Waals surface area contributed by atoms with E-state index in [4.69, 9.17) is 10.5 Å². The Bertz CT molecular complexity index is 877. The standard InChI is InChI=1S/C23H30N4O2/c1-16-6-7-18(13-17(16)2)14-27-12-4-5-19(15-27)22(24)26-23(28)25-20-8-10-21(29-3)11-9-20/h6-11,13,19H,4-5,12,14-15H2,1-3H3,(H3,24,25,26,28). The fraction of sp³-hybridized carbons (Fsp3) is 0.391. The van der Waals surface area contributed by atoms with Crippen molar-refractivity contribution < 1.29 is 9.53 Å². The smallest absolute Gasteiger partial charge is 0.347 e. The van der Waals surface area contributed by atoms with Crippen molar-refractivity contribution in [3.63, 3.8) is 0 Å². The molecule has 0 spiro atoms. The molecule has 1 atom stereocenters. The van der Waals surface area contributed by atoms with E-state index in [1.807, 2.05) is 0 Å². The van der Waals surface area contributed by atoms with E-state index >= 15 is 0 Å². The number of nitrogens with one attached hydrogen (secondary N) is 1. The Morgan fingerprint density at radius 1 is 1.21 bits per heavy atom. The summed E-state index contributed by atoms with van der Waals surface area (Å²) >= 11 is 0. The molecule has 0 bridgehead atoms. The minimum atomic E-state index is -0.445. The number of amides is 2. The summed E-state index contributed by atoms with van der Waals surface area (Å²) in [7, 11) is 1.60. The number of hydrogen-bond acceptors (Lipinski definition) is 3. The van der Waals surface area contributed by atoms with E-state index < -0.39 is 6.03 Å². The molecule has 0 saturated carbocycles. The number of ether oxygens (including phenoxy) is 1. The molecule has 0 aromatic heterocycles. The zero-order valence-corrected chi connectivity index (χ0v) is 17.4. The first kappa shape index (κ1) is 20.9. The van der Waals surface area contributed by atoms with Crippen LogP contribution in [0, 0.1) is 19.8 Å². The number of benzene rings is 2. The van der Waals surface area contributed by atoms with E-state index in [-0.39, 0.29) is 5.92 Å². The van der Waals surface area contributed by atoms with Gasteiger partial charge in [-0.3, -0.25) is 4.90 Å². The Hall–Kier alpha value is -2.86. The highest BCUT2D eigenvalue weighted by Crippen LogP contribution is 2.20. The van der Waals surface area contributed by atoms with Crippen LogP contribution in [0.4, 0.5) is 10.5 Å². The number of anilines is 1. The molecule has 0 radical (unpaired) electrons. The molecule has 29 heavy (non-hydrogen) atoms. The number of piperidine rings is 1. The molecule has 3 rings (SSSR count). The van der Waals surface area contributed by atoms with Crippen molar-refractivity contribution in [1.82, 2.24) is 4.90 Å². The molecule has 2 aromatic carbocycles. The van der Waals surface area contributed by atoms with E-state index in [1.165, 1.54) is 16.7 Å². The molecule has 1 aliphatic rings. The summed E-state index contributed by atoms with van der Waals surface area (Å²) in [5.41, 5.74) is 10.8. The number of nitrogens with two attached hydrogens (primary N) is 1. The average molecular weight is 395 g/mol. The maximum absolute atomic E-state index is 12.2. The zero-order chi connectivity index (χ0) is 20.8. The molecular weight excluding hydrogens is 364 g/mol. The highest BCUT2D eigenvalue weighted by atomic mass is 16.5. The van der Waals surface area contributed by atoms with Gasteiger partial charge < -0.3 is 15.8 Å². The van der Waals surface area contributed by atoms with Gasteiger partial charge >= 0.3 is 6.03 Å². The van der Waals surface area contributed by atoms with Gasteiger partial charge in [0.1, 0.15) is 11.6 Å². The Kier molecular flexibility index (Phi) is 6.88. The van der Waals surface area contributed by atoms with Crippen LogP contribution >= 0.6 is 0 Å². The largest absolute Gasteiger partial charge is 0.497 e. The Labute approximate surface area is 172 Å². The van der Waals surface area contributed by atoms with E-state index in [1.54, 1.807) is 31.4 Å². The van der Waals surface area contributed by atoms with Gasteiger partial charge in [-0.2, -0.15) is 4.99 Å². The molecular formula is C23H30N4O2. The third kappa shape index (κ3) is 5.81. The Morgan fingerprint density at radius 3 is 2.66 bits per heavy atom. The van der Waals surface area contributed by atoms with E-state index in [0.717, 1.165) is 38.2 Å². The van der Waals surface area contributed by atoms with Crippen LogP contribution in [0.5, 0.6) is 5.75 Å². The van der Waals surface area contributed by atoms with Crippen LogP contribution in [-0.4, -0.2) is 37.0 Å². The molecule has 3 N–H and O–H groups in total. The summed E-state index contributed by atoms with van der Waals surface area (Å²) in [5.74, 6) is 1.23. The van der Waals surface area contributed by atoms with Crippen LogP contribution in [-0.2, 0) is 6.54 Å². The number of hydrogen-bond donors (Lipinski definition) is 2. The Morgan fingerprint density at radius 2 is 1.97 bits per heavy atom. The van der Waals surface area contributed by atoms with Crippen molar-refractivity contribution >= 4 is 17.6 Å². The zero-order valence-electron chi connectivity index (χ0n) is 17.4. The number of aryl methyl sites for hydroxylation is 2. The lowest BCUT2D eigenvalue weighted by Gasteiger charge is -2.32. The summed E-state index contributed by atoms with van der Waals surface area (Å²) in [5, 5.41) is 2.75. The van der Waals surface area contributed by atoms with Gasteiger partial charge in [-0.05, 0) is 74.2 Å². The van der Waals surface area contributed by atoms with Crippen molar-refractivity contribution in [3.8, 4) is 5.75 Å². The van der Waals surface area contributed by atoms with Crippen LogP contribution in [0.2, 0.25) is 0 Å². The fourth-order valence-electron chi connectivity index (χ4n) is 3.63. The van der Waals surface area contributed by atoms with Crippen LogP contribution in [0.25, 0.3) is 0 Å². The summed E-state index contributed by atoms with van der Waals surface area (Å²) < 4.78 is 5.12. The predicted octanol–water partition coefficient (Wildman–Crippen LogP) is 4.11. The van der Waals surface area contributed by atoms with Gasteiger partial charge in [-0.25, -0.2) is 4.79 Å². The lowest BCUT2D eigenvalue weighted by molar-refractivity contribution is 0.196. The third-order valence-corrected chi connectivity index (χ3v) is 5.47. The number of likely N-dealkylation sites (tertiary alicyclic amines) is 1. The molecule has 2 aromatic rings. The maximum Gasteiger partial charge on any atom is 0.347 e. The summed E-state index contributed by atoms with van der Waals surface area (Å²) in [6, 6.07) is 13.3. The molecule has 6 heteroatoms. The van der Waals surface area contributed by atoms with Crippen LogP contribution in [0.15, 0.2) is 47.5 Å². The van der Waals surface area contributed by atoms with Crippen molar-refractivity contribution in [1.29, 1.82) is 0 Å². The molecule has 1 aliphatic heterocycles. The van der Waals surface area contributed by atoms with Gasteiger partial charge in [0.2, 0.25) is 0 Å². The predicted molar refractivity (Wildman–Crippen MR) is 118 cm³/mol. The molecule has 1 fully saturated rings. The summed E-state index contributed by atoms with van der Waals surface area (Å²) in [4.78, 5) is 18.7. The first-order chi connectivity index (χ1) is 13.9. The van der Waals surface area contributed by atoms with Gasteiger partial charge in [0.15, 0.2) is 0 Å². The molecule has 1 heterocycles. The van der Waals surface area contributed by atoms with Gasteiger partial charge in [0.25, 0.3) is 0 Å². The summed E-state index contributed by atoms with van der Waals surface area (Å²) in [6.45, 7) is 7.02. The second-order valence-corrected chi connectivity index (χ2v) is 7.69. The maximum atomic E-state index is 12.2. The number of carbonyl (C=O) groups excluding carboxylic acids is 1. The van der Waals surface area contributed by atoms with Crippen molar-refractivity contribution in [2.45, 2.75) is 33.2 Å². The second kappa shape index (κ2) is 9.56. The quantitative estimate of drug-likeness (QED) is 0.591. The number of nitrogens with zero attached hydrogens (tertiary/aromatic N) is 2. The number of rotatable bonds is 5. The molecule has 1 saturated heterocycles. The van der Waals surface area contributed by atoms with Crippen LogP contribution in [0.3, 0.4) is 0 Å². The van der Waals surface area contributed by atoms with Crippen LogP contribution < -0.4 is 15.8 Å². The number of methoxy groups -OCH3 is 1. The molecule has 1 unspecified atom stereocenters. The molecule has 6 nitrogen and oxygen atoms in total. The van der Waals surface area contributed by atoms with Crippen molar-refractivity contribution in [3.05, 3.63) is 59.2 Å². The number of urea groups is 1. The van der Waals surface area contributed by atoms with Gasteiger partial charge in [0, 0.05) is 24.7 Å². The van der Waals surface area contributed by atoms with Gasteiger partial charge in [-0.1, -0.05) is 18.2 Å². The van der Waals surface area contributed by atoms with Crippen molar-refractivity contribution in [2.75, 3.05) is 25.5 Å². The SMILES string of the molecule is COc1ccc(NC(=O)/N=C(\N)C2CCCN(Cc3ccc(C)c(C)c3)C2)cc1. The molecule has 0 aliphatic carbocycles. The molecule has 2 amide bonds. The minimum absolute atomic E-state index is 0.0944. The highest BCUT2D eigenvalue weighted by molar-refractivity contribution is 6.00. The lowest BCUT2D eigenvalue weighted by atomic mass is 9.96. The normalized spacial score (nSPS) is 17.8. The number of amidine groups is 1. The highest BCUT2D eigenvalue weighted by Gasteiger charge is 2.23. The first-order valence-corrected chi connectivity index (χ1v) is 10.0. The van der Waals surface area contributed by atoms with Gasteiger partial charge in [-0.15, -0.1) is 0 Å². The van der Waals surface area contributed by atoms with E-state index in [0.29, 0.717) is 11.5 Å². The number of carbonyl (C=O) groups is 1. The topological polar surface area (TPSA) is 79.9 Å². The lowest BCUT2D eigenvalue weighted by Crippen LogP contribution is -2.41. The van der Waals surface area contributed by atoms with Crippen molar-refractivity contribution in [2.24, 2.45) is 16.6 Å².